The van der Waals surface area contributed by atoms with E-state index >= 15 is 0 Å². The highest BCUT2D eigenvalue weighted by Gasteiger charge is 1.96. The smallest absolute Gasteiger partial charge is 0.00360 e. The van der Waals surface area contributed by atoms with Crippen molar-refractivity contribution in [3.8, 4) is 0 Å². The van der Waals surface area contributed by atoms with Crippen LogP contribution in [0, 0.1) is 0 Å². The lowest BCUT2D eigenvalue weighted by Crippen LogP contribution is -2.20. The van der Waals surface area contributed by atoms with Crippen molar-refractivity contribution in [2.24, 2.45) is 0 Å². The summed E-state index contributed by atoms with van der Waals surface area (Å²) >= 11 is 2.12. The Labute approximate surface area is 88.1 Å². The molecule has 0 aromatic heterocycles. The molecule has 80 valence electrons. The van der Waals surface area contributed by atoms with Crippen molar-refractivity contribution in [3.63, 3.8) is 0 Å². The third-order valence-electron chi connectivity index (χ3n) is 2.31. The zero-order valence-corrected chi connectivity index (χ0v) is 10.3. The molecule has 0 bridgehead atoms. The molecule has 0 aliphatic carbocycles. The van der Waals surface area contributed by atoms with Crippen LogP contribution in [0.25, 0.3) is 0 Å². The van der Waals surface area contributed by atoms with E-state index in [2.05, 4.69) is 30.9 Å². The van der Waals surface area contributed by atoms with Gasteiger partial charge < -0.3 is 5.32 Å². The van der Waals surface area contributed by atoms with Gasteiger partial charge in [0.25, 0.3) is 0 Å². The molecule has 0 heterocycles. The first-order valence-corrected chi connectivity index (χ1v) is 6.71. The summed E-state index contributed by atoms with van der Waals surface area (Å²) in [6, 6.07) is 0.691. The normalized spacial score (nSPS) is 13.2. The van der Waals surface area contributed by atoms with Gasteiger partial charge in [-0.1, -0.05) is 19.8 Å². The number of rotatable bonds is 9. The van der Waals surface area contributed by atoms with E-state index in [1.165, 1.54) is 43.6 Å². The van der Waals surface area contributed by atoms with Crippen LogP contribution >= 0.6 is 11.8 Å². The molecule has 0 saturated carbocycles. The Bertz CT molecular complexity index is 96.1. The molecule has 0 rings (SSSR count). The summed E-state index contributed by atoms with van der Waals surface area (Å²) in [4.78, 5) is 0. The predicted octanol–water partition coefficient (Wildman–Crippen LogP) is 3.30. The van der Waals surface area contributed by atoms with Gasteiger partial charge in [-0.15, -0.1) is 0 Å². The third-order valence-corrected chi connectivity index (χ3v) is 3.47. The maximum absolute atomic E-state index is 3.27. The molecular formula is C11H25NS. The van der Waals surface area contributed by atoms with Crippen LogP contribution in [0.2, 0.25) is 0 Å². The lowest BCUT2D eigenvalue weighted by Gasteiger charge is -2.08. The summed E-state index contributed by atoms with van der Waals surface area (Å²) in [5.74, 6) is 2.71. The Balaban J connectivity index is 2.91. The van der Waals surface area contributed by atoms with Crippen LogP contribution in [-0.2, 0) is 0 Å². The van der Waals surface area contributed by atoms with E-state index < -0.39 is 0 Å². The fraction of sp³-hybridized carbons (Fsp3) is 1.00. The molecular weight excluding hydrogens is 178 g/mol. The van der Waals surface area contributed by atoms with E-state index in [0.717, 1.165) is 0 Å². The second-order valence-electron chi connectivity index (χ2n) is 3.65. The molecule has 0 saturated heterocycles. The molecule has 1 N–H and O–H groups in total. The topological polar surface area (TPSA) is 12.0 Å². The molecule has 0 spiro atoms. The highest BCUT2D eigenvalue weighted by Crippen LogP contribution is 2.09. The first-order valence-electron chi connectivity index (χ1n) is 5.56. The maximum atomic E-state index is 3.27. The van der Waals surface area contributed by atoms with Crippen molar-refractivity contribution in [1.82, 2.24) is 5.32 Å². The highest BCUT2D eigenvalue weighted by molar-refractivity contribution is 7.99. The number of hydrogen-bond acceptors (Lipinski definition) is 2. The average Bonchev–Trinajstić information content (AvgIpc) is 2.16. The molecule has 0 amide bonds. The fourth-order valence-corrected chi connectivity index (χ4v) is 2.18. The lowest BCUT2D eigenvalue weighted by atomic mass is 10.2. The molecule has 1 nitrogen and oxygen atoms in total. The van der Waals surface area contributed by atoms with Crippen LogP contribution < -0.4 is 5.32 Å². The largest absolute Gasteiger partial charge is 0.317 e. The van der Waals surface area contributed by atoms with Crippen LogP contribution in [0.5, 0.6) is 0 Å². The summed E-state index contributed by atoms with van der Waals surface area (Å²) in [5.41, 5.74) is 0. The molecule has 0 aliphatic rings. The van der Waals surface area contributed by atoms with Gasteiger partial charge in [0.15, 0.2) is 0 Å². The Hall–Kier alpha value is 0.310. The third kappa shape index (κ3) is 10.2. The minimum atomic E-state index is 0.691. The fourth-order valence-electron chi connectivity index (χ4n) is 1.19. The highest BCUT2D eigenvalue weighted by atomic mass is 32.2. The van der Waals surface area contributed by atoms with Crippen LogP contribution in [0.4, 0.5) is 0 Å². The van der Waals surface area contributed by atoms with Gasteiger partial charge in [0.05, 0.1) is 0 Å². The van der Waals surface area contributed by atoms with Gasteiger partial charge in [0.1, 0.15) is 0 Å². The molecule has 0 fully saturated rings. The van der Waals surface area contributed by atoms with E-state index in [0.29, 0.717) is 6.04 Å². The van der Waals surface area contributed by atoms with E-state index in [4.69, 9.17) is 0 Å². The molecule has 0 aromatic carbocycles. The Morgan fingerprint density at radius 3 is 2.46 bits per heavy atom. The number of thioether (sulfide) groups is 1. The molecule has 13 heavy (non-hydrogen) atoms. The first-order chi connectivity index (χ1) is 6.31. The molecule has 0 aliphatic heterocycles. The minimum Gasteiger partial charge on any atom is -0.317 e. The summed E-state index contributed by atoms with van der Waals surface area (Å²) in [6.07, 6.45) is 6.83. The SMILES string of the molecule is CCCCCSCCCC(C)NC. The quantitative estimate of drug-likeness (QED) is 0.577. The van der Waals surface area contributed by atoms with Crippen molar-refractivity contribution < 1.29 is 0 Å². The molecule has 0 radical (unpaired) electrons. The van der Waals surface area contributed by atoms with Gasteiger partial charge in [0, 0.05) is 6.04 Å². The first kappa shape index (κ1) is 13.3. The van der Waals surface area contributed by atoms with Gasteiger partial charge in [-0.3, -0.25) is 0 Å². The second-order valence-corrected chi connectivity index (χ2v) is 4.88. The molecule has 1 atom stereocenters. The summed E-state index contributed by atoms with van der Waals surface area (Å²) in [7, 11) is 2.04. The summed E-state index contributed by atoms with van der Waals surface area (Å²) < 4.78 is 0. The van der Waals surface area contributed by atoms with Crippen LogP contribution in [0.15, 0.2) is 0 Å². The van der Waals surface area contributed by atoms with E-state index in [-0.39, 0.29) is 0 Å². The molecule has 1 unspecified atom stereocenters. The van der Waals surface area contributed by atoms with Crippen LogP contribution in [0.1, 0.15) is 46.0 Å². The van der Waals surface area contributed by atoms with Gasteiger partial charge in [0.2, 0.25) is 0 Å². The second kappa shape index (κ2) is 10.4. The van der Waals surface area contributed by atoms with Gasteiger partial charge >= 0.3 is 0 Å². The molecule has 0 aromatic rings. The number of hydrogen-bond donors (Lipinski definition) is 1. The predicted molar refractivity (Wildman–Crippen MR) is 64.6 cm³/mol. The van der Waals surface area contributed by atoms with E-state index in [1.807, 2.05) is 7.05 Å². The van der Waals surface area contributed by atoms with Crippen molar-refractivity contribution in [3.05, 3.63) is 0 Å². The summed E-state index contributed by atoms with van der Waals surface area (Å²) in [5, 5.41) is 3.27. The average molecular weight is 203 g/mol. The maximum Gasteiger partial charge on any atom is 0.00360 e. The standard InChI is InChI=1S/C11H25NS/c1-4-5-6-9-13-10-7-8-11(2)12-3/h11-12H,4-10H2,1-3H3. The Kier molecular flexibility index (Phi) is 10.6. The summed E-state index contributed by atoms with van der Waals surface area (Å²) in [6.45, 7) is 4.51. The minimum absolute atomic E-state index is 0.691. The Morgan fingerprint density at radius 2 is 1.85 bits per heavy atom. The zero-order valence-electron chi connectivity index (χ0n) is 9.44. The van der Waals surface area contributed by atoms with Crippen LogP contribution in [0.3, 0.4) is 0 Å². The lowest BCUT2D eigenvalue weighted by molar-refractivity contribution is 0.559. The van der Waals surface area contributed by atoms with Crippen molar-refractivity contribution >= 4 is 11.8 Å². The van der Waals surface area contributed by atoms with Crippen molar-refractivity contribution in [1.29, 1.82) is 0 Å². The van der Waals surface area contributed by atoms with Crippen molar-refractivity contribution in [2.75, 3.05) is 18.6 Å². The monoisotopic (exact) mass is 203 g/mol. The van der Waals surface area contributed by atoms with Gasteiger partial charge in [-0.25, -0.2) is 0 Å². The zero-order chi connectivity index (χ0) is 9.94. The van der Waals surface area contributed by atoms with Crippen molar-refractivity contribution in [2.45, 2.75) is 52.0 Å². The van der Waals surface area contributed by atoms with Gasteiger partial charge in [-0.2, -0.15) is 11.8 Å². The van der Waals surface area contributed by atoms with E-state index in [1.54, 1.807) is 0 Å². The number of nitrogens with one attached hydrogen (secondary N) is 1. The Morgan fingerprint density at radius 1 is 1.15 bits per heavy atom. The molecule has 2 heteroatoms. The van der Waals surface area contributed by atoms with E-state index in [9.17, 15) is 0 Å². The van der Waals surface area contributed by atoms with Crippen LogP contribution in [-0.4, -0.2) is 24.6 Å². The number of unbranched alkanes of at least 4 members (excludes halogenated alkanes) is 2. The van der Waals surface area contributed by atoms with Gasteiger partial charge in [-0.05, 0) is 44.7 Å².